The molecule has 0 radical (unpaired) electrons. The molecule has 0 aliphatic rings. The lowest BCUT2D eigenvalue weighted by Gasteiger charge is -2.17. The normalized spacial score (nSPS) is 13.1. The summed E-state index contributed by atoms with van der Waals surface area (Å²) >= 11 is 7.55. The summed E-state index contributed by atoms with van der Waals surface area (Å²) in [5, 5.41) is 18.1. The van der Waals surface area contributed by atoms with Crippen molar-refractivity contribution < 1.29 is 9.90 Å². The van der Waals surface area contributed by atoms with Crippen LogP contribution in [-0.2, 0) is 11.2 Å². The molecule has 6 nitrogen and oxygen atoms in total. The van der Waals surface area contributed by atoms with E-state index in [2.05, 4.69) is 15.6 Å². The topological polar surface area (TPSA) is 100 Å². The fourth-order valence-corrected chi connectivity index (χ4v) is 4.89. The van der Waals surface area contributed by atoms with Gasteiger partial charge >= 0.3 is 0 Å². The first-order chi connectivity index (χ1) is 15.0. The van der Waals surface area contributed by atoms with Crippen molar-refractivity contribution >= 4 is 35.0 Å². The molecule has 164 valence electrons. The van der Waals surface area contributed by atoms with Crippen LogP contribution in [0.3, 0.4) is 0 Å². The van der Waals surface area contributed by atoms with Gasteiger partial charge < -0.3 is 21.0 Å². The van der Waals surface area contributed by atoms with E-state index in [0.717, 1.165) is 44.1 Å². The highest BCUT2D eigenvalue weighted by molar-refractivity contribution is 7.15. The number of thiophene rings is 1. The van der Waals surface area contributed by atoms with E-state index < -0.39 is 12.3 Å². The van der Waals surface area contributed by atoms with Crippen LogP contribution in [0.1, 0.15) is 47.2 Å². The molecule has 2 aromatic heterocycles. The maximum atomic E-state index is 11.2. The Labute approximate surface area is 191 Å². The number of carbonyl (C=O) groups is 1. The molecule has 0 aliphatic heterocycles. The molecule has 0 bridgehead atoms. The predicted molar refractivity (Wildman–Crippen MR) is 128 cm³/mol. The summed E-state index contributed by atoms with van der Waals surface area (Å²) in [6.07, 6.45) is 2.38. The van der Waals surface area contributed by atoms with Gasteiger partial charge in [-0.1, -0.05) is 30.7 Å². The largest absolute Gasteiger partial charge is 0.384 e. The van der Waals surface area contributed by atoms with Crippen LogP contribution in [0.25, 0.3) is 10.4 Å². The first kappa shape index (κ1) is 23.4. The SMILES string of the molecule is CCNC(N)c1sc(-c2ccnc(NC)c2CCC=O)cc1C(O)c1ccc(Cl)cc1. The zero-order valence-corrected chi connectivity index (χ0v) is 19.1. The van der Waals surface area contributed by atoms with E-state index in [1.54, 1.807) is 18.3 Å². The molecule has 0 aliphatic carbocycles. The van der Waals surface area contributed by atoms with Gasteiger partial charge in [0.25, 0.3) is 0 Å². The highest BCUT2D eigenvalue weighted by atomic mass is 35.5. The van der Waals surface area contributed by atoms with Crippen molar-refractivity contribution in [1.29, 1.82) is 0 Å². The maximum Gasteiger partial charge on any atom is 0.129 e. The molecular weight excluding hydrogens is 432 g/mol. The molecule has 1 aromatic carbocycles. The van der Waals surface area contributed by atoms with Gasteiger partial charge in [-0.2, -0.15) is 0 Å². The van der Waals surface area contributed by atoms with Crippen molar-refractivity contribution in [1.82, 2.24) is 10.3 Å². The number of aliphatic hydroxyl groups excluding tert-OH is 1. The summed E-state index contributed by atoms with van der Waals surface area (Å²) in [6.45, 7) is 2.69. The van der Waals surface area contributed by atoms with Crippen molar-refractivity contribution in [3.63, 3.8) is 0 Å². The van der Waals surface area contributed by atoms with Gasteiger partial charge in [0, 0.05) is 51.1 Å². The number of rotatable bonds is 10. The van der Waals surface area contributed by atoms with Crippen LogP contribution in [0, 0.1) is 0 Å². The van der Waals surface area contributed by atoms with Crippen LogP contribution in [0.4, 0.5) is 5.82 Å². The Kier molecular flexibility index (Phi) is 8.17. The minimum absolute atomic E-state index is 0.406. The number of benzene rings is 1. The van der Waals surface area contributed by atoms with Gasteiger partial charge in [-0.25, -0.2) is 4.98 Å². The Balaban J connectivity index is 2.12. The van der Waals surface area contributed by atoms with E-state index in [4.69, 9.17) is 17.3 Å². The van der Waals surface area contributed by atoms with Crippen LogP contribution in [0.5, 0.6) is 0 Å². The molecule has 2 heterocycles. The summed E-state index contributed by atoms with van der Waals surface area (Å²) in [6, 6.07) is 11.1. The third-order valence-electron chi connectivity index (χ3n) is 5.05. The highest BCUT2D eigenvalue weighted by Crippen LogP contribution is 2.41. The van der Waals surface area contributed by atoms with E-state index in [1.165, 1.54) is 11.3 Å². The lowest BCUT2D eigenvalue weighted by atomic mass is 9.98. The van der Waals surface area contributed by atoms with Crippen molar-refractivity contribution in [2.45, 2.75) is 32.0 Å². The Bertz CT molecular complexity index is 1020. The number of nitrogens with two attached hydrogens (primary N) is 1. The fourth-order valence-electron chi connectivity index (χ4n) is 3.54. The first-order valence-corrected chi connectivity index (χ1v) is 11.3. The molecule has 2 unspecified atom stereocenters. The zero-order valence-electron chi connectivity index (χ0n) is 17.6. The number of halogens is 1. The molecule has 0 amide bonds. The molecule has 0 fully saturated rings. The summed E-state index contributed by atoms with van der Waals surface area (Å²) in [5.74, 6) is 0.741. The number of anilines is 1. The number of aldehydes is 1. The molecular formula is C23H27ClN4O2S. The minimum Gasteiger partial charge on any atom is -0.384 e. The van der Waals surface area contributed by atoms with Crippen molar-refractivity contribution in [3.05, 3.63) is 69.2 Å². The second-order valence-corrected chi connectivity index (χ2v) is 8.58. The Morgan fingerprint density at radius 3 is 2.68 bits per heavy atom. The Morgan fingerprint density at radius 2 is 2.03 bits per heavy atom. The highest BCUT2D eigenvalue weighted by Gasteiger charge is 2.24. The van der Waals surface area contributed by atoms with Gasteiger partial charge in [0.1, 0.15) is 18.2 Å². The van der Waals surface area contributed by atoms with Crippen LogP contribution in [0.15, 0.2) is 42.6 Å². The maximum absolute atomic E-state index is 11.2. The molecule has 0 saturated heterocycles. The monoisotopic (exact) mass is 458 g/mol. The third kappa shape index (κ3) is 5.31. The quantitative estimate of drug-likeness (QED) is 0.267. The van der Waals surface area contributed by atoms with Gasteiger partial charge in [-0.05, 0) is 42.8 Å². The summed E-state index contributed by atoms with van der Waals surface area (Å²) in [7, 11) is 1.81. The molecule has 8 heteroatoms. The number of hydrogen-bond donors (Lipinski definition) is 4. The molecule has 3 rings (SSSR count). The average Bonchev–Trinajstić information content (AvgIpc) is 3.23. The lowest BCUT2D eigenvalue weighted by molar-refractivity contribution is -0.107. The number of pyridine rings is 1. The van der Waals surface area contributed by atoms with Gasteiger partial charge in [0.2, 0.25) is 0 Å². The van der Waals surface area contributed by atoms with Gasteiger partial charge in [-0.15, -0.1) is 11.3 Å². The average molecular weight is 459 g/mol. The van der Waals surface area contributed by atoms with Crippen LogP contribution in [-0.4, -0.2) is 30.0 Å². The first-order valence-electron chi connectivity index (χ1n) is 10.2. The Hall–Kier alpha value is -2.29. The number of hydrogen-bond acceptors (Lipinski definition) is 7. The van der Waals surface area contributed by atoms with E-state index in [9.17, 15) is 9.90 Å². The van der Waals surface area contributed by atoms with Crippen molar-refractivity contribution in [2.24, 2.45) is 5.73 Å². The summed E-state index contributed by atoms with van der Waals surface area (Å²) in [4.78, 5) is 17.2. The second kappa shape index (κ2) is 10.8. The number of aliphatic hydroxyl groups is 1. The summed E-state index contributed by atoms with van der Waals surface area (Å²) in [5.41, 5.74) is 9.84. The van der Waals surface area contributed by atoms with Gasteiger partial charge in [0.15, 0.2) is 0 Å². The number of carbonyl (C=O) groups excluding carboxylic acids is 1. The molecule has 2 atom stereocenters. The zero-order chi connectivity index (χ0) is 22.4. The lowest BCUT2D eigenvalue weighted by Crippen LogP contribution is -2.28. The minimum atomic E-state index is -0.842. The van der Waals surface area contributed by atoms with Crippen molar-refractivity contribution in [2.75, 3.05) is 18.9 Å². The van der Waals surface area contributed by atoms with Crippen LogP contribution >= 0.6 is 22.9 Å². The Morgan fingerprint density at radius 1 is 1.29 bits per heavy atom. The smallest absolute Gasteiger partial charge is 0.129 e. The van der Waals surface area contributed by atoms with E-state index in [-0.39, 0.29) is 0 Å². The van der Waals surface area contributed by atoms with E-state index in [1.807, 2.05) is 38.2 Å². The molecule has 3 aromatic rings. The third-order valence-corrected chi connectivity index (χ3v) is 6.57. The van der Waals surface area contributed by atoms with E-state index in [0.29, 0.717) is 24.4 Å². The number of nitrogens with one attached hydrogen (secondary N) is 2. The molecule has 0 saturated carbocycles. The van der Waals surface area contributed by atoms with Crippen molar-refractivity contribution in [3.8, 4) is 10.4 Å². The van der Waals surface area contributed by atoms with Gasteiger partial charge in [-0.3, -0.25) is 5.32 Å². The number of nitrogens with zero attached hydrogens (tertiary/aromatic N) is 1. The standard InChI is InChI=1S/C23H27ClN4O2S/c1-3-27-22(25)21-18(20(30)14-6-8-15(24)9-7-14)13-19(31-21)16-10-11-28-23(26-2)17(16)5-4-12-29/h6-13,20,22,27,30H,3-5,25H2,1-2H3,(H,26,28). The predicted octanol–water partition coefficient (Wildman–Crippen LogP) is 4.29. The van der Waals surface area contributed by atoms with Gasteiger partial charge in [0.05, 0.1) is 6.17 Å². The molecule has 31 heavy (non-hydrogen) atoms. The van der Waals surface area contributed by atoms with E-state index >= 15 is 0 Å². The summed E-state index contributed by atoms with van der Waals surface area (Å²) < 4.78 is 0. The fraction of sp³-hybridized carbons (Fsp3) is 0.304. The van der Waals surface area contributed by atoms with Crippen LogP contribution in [0.2, 0.25) is 5.02 Å². The number of aromatic nitrogens is 1. The molecule has 5 N–H and O–H groups in total. The molecule has 0 spiro atoms. The van der Waals surface area contributed by atoms with Crippen LogP contribution < -0.4 is 16.4 Å². The second-order valence-electron chi connectivity index (χ2n) is 7.06.